The highest BCUT2D eigenvalue weighted by molar-refractivity contribution is 5.76. The van der Waals surface area contributed by atoms with E-state index >= 15 is 0 Å². The lowest BCUT2D eigenvalue weighted by Crippen LogP contribution is -2.32. The third-order valence-electron chi connectivity index (χ3n) is 2.91. The zero-order valence-electron chi connectivity index (χ0n) is 7.27. The highest BCUT2D eigenvalue weighted by Gasteiger charge is 2.60. The van der Waals surface area contributed by atoms with E-state index in [4.69, 9.17) is 5.11 Å². The second-order valence-corrected chi connectivity index (χ2v) is 3.57. The summed E-state index contributed by atoms with van der Waals surface area (Å²) in [5.74, 6) is -0.631. The maximum Gasteiger partial charge on any atom is 0.409 e. The zero-order valence-corrected chi connectivity index (χ0v) is 7.27. The maximum absolute atomic E-state index is 11.0. The smallest absolute Gasteiger partial charge is 0.409 e. The Kier molecular flexibility index (Phi) is 1.68. The van der Waals surface area contributed by atoms with Gasteiger partial charge in [0.05, 0.1) is 13.0 Å². The van der Waals surface area contributed by atoms with Crippen molar-refractivity contribution >= 4 is 12.1 Å². The normalized spacial score (nSPS) is 35.5. The van der Waals surface area contributed by atoms with Crippen molar-refractivity contribution in [3.05, 3.63) is 0 Å². The molecule has 5 heteroatoms. The van der Waals surface area contributed by atoms with Crippen molar-refractivity contribution in [3.63, 3.8) is 0 Å². The molecule has 1 aliphatic heterocycles. The molecule has 1 saturated carbocycles. The molecule has 5 nitrogen and oxygen atoms in total. The summed E-state index contributed by atoms with van der Waals surface area (Å²) in [6, 6.07) is 0. The number of likely N-dealkylation sites (tertiary alicyclic amines) is 1. The molecule has 72 valence electrons. The molecule has 0 bridgehead atoms. The molecule has 1 amide bonds. The molecule has 2 aliphatic rings. The van der Waals surface area contributed by atoms with Gasteiger partial charge in [0.25, 0.3) is 0 Å². The summed E-state index contributed by atoms with van der Waals surface area (Å²) >= 11 is 0. The Bertz CT molecular complexity index is 253. The molecule has 0 aromatic carbocycles. The molecule has 1 N–H and O–H groups in total. The van der Waals surface area contributed by atoms with E-state index in [9.17, 15) is 9.59 Å². The van der Waals surface area contributed by atoms with Gasteiger partial charge in [-0.1, -0.05) is 0 Å². The van der Waals surface area contributed by atoms with E-state index in [0.29, 0.717) is 13.1 Å². The first kappa shape index (κ1) is 8.34. The van der Waals surface area contributed by atoms with Crippen molar-refractivity contribution in [2.24, 2.45) is 17.8 Å². The highest BCUT2D eigenvalue weighted by atomic mass is 16.5. The number of hydrogen-bond acceptors (Lipinski definition) is 3. The Morgan fingerprint density at radius 1 is 1.38 bits per heavy atom. The van der Waals surface area contributed by atoms with Crippen molar-refractivity contribution in [1.82, 2.24) is 4.90 Å². The largest absolute Gasteiger partial charge is 0.481 e. The van der Waals surface area contributed by atoms with Crippen LogP contribution < -0.4 is 0 Å². The van der Waals surface area contributed by atoms with Crippen molar-refractivity contribution in [1.29, 1.82) is 0 Å². The minimum atomic E-state index is -0.737. The molecule has 2 fully saturated rings. The van der Waals surface area contributed by atoms with Gasteiger partial charge in [-0.3, -0.25) is 4.79 Å². The first-order valence-corrected chi connectivity index (χ1v) is 4.21. The Balaban J connectivity index is 1.90. The molecule has 1 saturated heterocycles. The second kappa shape index (κ2) is 2.61. The number of carbonyl (C=O) groups is 2. The van der Waals surface area contributed by atoms with Gasteiger partial charge >= 0.3 is 12.1 Å². The van der Waals surface area contributed by atoms with E-state index < -0.39 is 5.97 Å². The molecule has 1 heterocycles. The predicted octanol–water partition coefficient (Wildman–Crippen LogP) is 0.0152. The van der Waals surface area contributed by atoms with Crippen molar-refractivity contribution < 1.29 is 19.4 Å². The lowest BCUT2D eigenvalue weighted by molar-refractivity contribution is -0.139. The first-order valence-electron chi connectivity index (χ1n) is 4.21. The van der Waals surface area contributed by atoms with Crippen LogP contribution in [0.1, 0.15) is 0 Å². The predicted molar refractivity (Wildman–Crippen MR) is 42.1 cm³/mol. The third kappa shape index (κ3) is 1.15. The Morgan fingerprint density at radius 2 is 1.92 bits per heavy atom. The summed E-state index contributed by atoms with van der Waals surface area (Å²) in [4.78, 5) is 23.2. The summed E-state index contributed by atoms with van der Waals surface area (Å²) in [7, 11) is 1.33. The van der Waals surface area contributed by atoms with Crippen LogP contribution in [0.25, 0.3) is 0 Å². The molecule has 1 aliphatic carbocycles. The van der Waals surface area contributed by atoms with Gasteiger partial charge in [-0.2, -0.15) is 0 Å². The molecule has 0 aromatic heterocycles. The van der Waals surface area contributed by atoms with Crippen LogP contribution in [0.15, 0.2) is 0 Å². The van der Waals surface area contributed by atoms with Crippen molar-refractivity contribution in [2.75, 3.05) is 20.2 Å². The van der Waals surface area contributed by atoms with E-state index in [1.165, 1.54) is 7.11 Å². The number of amides is 1. The standard InChI is InChI=1S/C8H11NO4/c1-13-8(12)9-2-4-5(3-9)6(4)7(10)11/h4-6H,2-3H2,1H3,(H,10,11)/t4-,5+,6?. The fourth-order valence-electron chi connectivity index (χ4n) is 2.17. The molecule has 2 rings (SSSR count). The third-order valence-corrected chi connectivity index (χ3v) is 2.91. The van der Waals surface area contributed by atoms with Crippen LogP contribution in [-0.4, -0.2) is 42.3 Å². The highest BCUT2D eigenvalue weighted by Crippen LogP contribution is 2.51. The molecule has 13 heavy (non-hydrogen) atoms. The van der Waals surface area contributed by atoms with Gasteiger partial charge in [-0.15, -0.1) is 0 Å². The van der Waals surface area contributed by atoms with Crippen LogP contribution in [0.4, 0.5) is 4.79 Å². The van der Waals surface area contributed by atoms with Gasteiger partial charge in [0, 0.05) is 13.1 Å². The van der Waals surface area contributed by atoms with Crippen LogP contribution in [0.3, 0.4) is 0 Å². The topological polar surface area (TPSA) is 66.8 Å². The summed E-state index contributed by atoms with van der Waals surface area (Å²) < 4.78 is 4.54. The van der Waals surface area contributed by atoms with E-state index in [-0.39, 0.29) is 23.8 Å². The van der Waals surface area contributed by atoms with Crippen molar-refractivity contribution in [3.8, 4) is 0 Å². The molecule has 0 aromatic rings. The van der Waals surface area contributed by atoms with E-state index in [1.807, 2.05) is 0 Å². The number of carbonyl (C=O) groups excluding carboxylic acids is 1. The van der Waals surface area contributed by atoms with Gasteiger partial charge in [-0.25, -0.2) is 4.79 Å². The van der Waals surface area contributed by atoms with Gasteiger partial charge < -0.3 is 14.7 Å². The number of carboxylic acid groups (broad SMARTS) is 1. The number of nitrogens with zero attached hydrogens (tertiary/aromatic N) is 1. The molecule has 0 radical (unpaired) electrons. The maximum atomic E-state index is 11.0. The quantitative estimate of drug-likeness (QED) is 0.625. The average molecular weight is 185 g/mol. The fraction of sp³-hybridized carbons (Fsp3) is 0.750. The number of hydrogen-bond donors (Lipinski definition) is 1. The molecule has 3 atom stereocenters. The summed E-state index contributed by atoms with van der Waals surface area (Å²) in [5, 5.41) is 8.71. The minimum absolute atomic E-state index is 0.164. The second-order valence-electron chi connectivity index (χ2n) is 3.57. The SMILES string of the molecule is COC(=O)N1C[C@@H]2C(C(=O)O)[C@@H]2C1. The van der Waals surface area contributed by atoms with Gasteiger partial charge in [0.2, 0.25) is 0 Å². The number of piperidine rings is 1. The van der Waals surface area contributed by atoms with E-state index in [2.05, 4.69) is 4.74 Å². The summed E-state index contributed by atoms with van der Waals surface area (Å²) in [6.45, 7) is 1.07. The van der Waals surface area contributed by atoms with Crippen LogP contribution >= 0.6 is 0 Å². The Hall–Kier alpha value is -1.26. The number of methoxy groups -OCH3 is 1. The van der Waals surface area contributed by atoms with Crippen LogP contribution in [0.2, 0.25) is 0 Å². The van der Waals surface area contributed by atoms with Gasteiger partial charge in [0.1, 0.15) is 0 Å². The van der Waals surface area contributed by atoms with Crippen molar-refractivity contribution in [2.45, 2.75) is 0 Å². The van der Waals surface area contributed by atoms with Crippen LogP contribution in [0.5, 0.6) is 0 Å². The summed E-state index contributed by atoms with van der Waals surface area (Å²) in [5.41, 5.74) is 0. The lowest BCUT2D eigenvalue weighted by atomic mass is 10.3. The Morgan fingerprint density at radius 3 is 2.31 bits per heavy atom. The number of fused-ring (bicyclic) bond motifs is 1. The molecular weight excluding hydrogens is 174 g/mol. The first-order chi connectivity index (χ1) is 6.15. The van der Waals surface area contributed by atoms with Gasteiger partial charge in [0.15, 0.2) is 0 Å². The Labute approximate surface area is 75.3 Å². The van der Waals surface area contributed by atoms with Crippen LogP contribution in [0, 0.1) is 17.8 Å². The fourth-order valence-corrected chi connectivity index (χ4v) is 2.17. The van der Waals surface area contributed by atoms with Crippen LogP contribution in [-0.2, 0) is 9.53 Å². The molecular formula is C8H11NO4. The average Bonchev–Trinajstić information content (AvgIpc) is 2.62. The van der Waals surface area contributed by atoms with E-state index in [1.54, 1.807) is 4.90 Å². The molecule has 0 spiro atoms. The molecule has 1 unspecified atom stereocenters. The number of aliphatic carboxylic acids is 1. The zero-order chi connectivity index (χ0) is 9.59. The lowest BCUT2D eigenvalue weighted by Gasteiger charge is -2.16. The monoisotopic (exact) mass is 185 g/mol. The number of ether oxygens (including phenoxy) is 1. The number of rotatable bonds is 1. The van der Waals surface area contributed by atoms with E-state index in [0.717, 1.165) is 0 Å². The minimum Gasteiger partial charge on any atom is -0.481 e. The summed E-state index contributed by atoms with van der Waals surface area (Å²) in [6.07, 6.45) is -0.351. The number of carboxylic acids is 1. The van der Waals surface area contributed by atoms with Gasteiger partial charge in [-0.05, 0) is 11.8 Å².